The summed E-state index contributed by atoms with van der Waals surface area (Å²) in [5.74, 6) is 2.28. The van der Waals surface area contributed by atoms with Crippen LogP contribution in [0.4, 0.5) is 0 Å². The van der Waals surface area contributed by atoms with Gasteiger partial charge in [0.2, 0.25) is 0 Å². The maximum atomic E-state index is 6.10. The first-order chi connectivity index (χ1) is 9.04. The number of nitrogens with one attached hydrogen (secondary N) is 1. The smallest absolute Gasteiger partial charge is 0.178 e. The molecule has 0 amide bonds. The molecule has 2 rings (SSSR count). The molecular formula is C13H16Cl2N2S2. The Labute approximate surface area is 132 Å². The van der Waals surface area contributed by atoms with Crippen molar-refractivity contribution in [2.45, 2.75) is 26.3 Å². The van der Waals surface area contributed by atoms with E-state index in [4.69, 9.17) is 35.4 Å². The maximum Gasteiger partial charge on any atom is 0.178 e. The van der Waals surface area contributed by atoms with E-state index in [0.29, 0.717) is 16.1 Å². The lowest BCUT2D eigenvalue weighted by molar-refractivity contribution is 0.543. The van der Waals surface area contributed by atoms with Gasteiger partial charge in [-0.05, 0) is 49.2 Å². The minimum atomic E-state index is 0.345. The minimum Gasteiger partial charge on any atom is -0.331 e. The van der Waals surface area contributed by atoms with E-state index in [0.717, 1.165) is 33.7 Å². The number of aromatic amines is 1. The number of imidazole rings is 1. The molecular weight excluding hydrogens is 319 g/mol. The van der Waals surface area contributed by atoms with Gasteiger partial charge >= 0.3 is 0 Å². The molecule has 2 aromatic rings. The number of benzene rings is 1. The van der Waals surface area contributed by atoms with Gasteiger partial charge in [-0.25, -0.2) is 0 Å². The summed E-state index contributed by atoms with van der Waals surface area (Å²) in [6.45, 7) is 4.36. The van der Waals surface area contributed by atoms with Crippen LogP contribution in [0, 0.1) is 4.77 Å². The number of H-pyrrole nitrogens is 1. The van der Waals surface area contributed by atoms with Crippen molar-refractivity contribution in [3.05, 3.63) is 26.9 Å². The zero-order chi connectivity index (χ0) is 14.0. The third-order valence-corrected chi connectivity index (χ3v) is 5.04. The van der Waals surface area contributed by atoms with Crippen LogP contribution in [0.25, 0.3) is 11.0 Å². The number of fused-ring (bicyclic) bond motifs is 1. The van der Waals surface area contributed by atoms with Crippen LogP contribution in [-0.2, 0) is 0 Å². The Morgan fingerprint density at radius 1 is 1.37 bits per heavy atom. The van der Waals surface area contributed by atoms with Crippen LogP contribution in [0.1, 0.15) is 26.3 Å². The third-order valence-electron chi connectivity index (χ3n) is 3.08. The van der Waals surface area contributed by atoms with Crippen LogP contribution < -0.4 is 0 Å². The van der Waals surface area contributed by atoms with Crippen LogP contribution in [0.5, 0.6) is 0 Å². The van der Waals surface area contributed by atoms with Gasteiger partial charge in [-0.1, -0.05) is 30.1 Å². The number of nitrogens with zero attached hydrogens (tertiary/aromatic N) is 1. The van der Waals surface area contributed by atoms with Crippen molar-refractivity contribution < 1.29 is 0 Å². The molecule has 0 aliphatic rings. The summed E-state index contributed by atoms with van der Waals surface area (Å²) >= 11 is 19.5. The second kappa shape index (κ2) is 6.53. The van der Waals surface area contributed by atoms with Gasteiger partial charge in [0.25, 0.3) is 0 Å². The van der Waals surface area contributed by atoms with Gasteiger partial charge in [0, 0.05) is 6.04 Å². The average Bonchev–Trinajstić information content (AvgIpc) is 2.65. The van der Waals surface area contributed by atoms with Crippen LogP contribution >= 0.6 is 47.2 Å². The zero-order valence-electron chi connectivity index (χ0n) is 10.9. The largest absolute Gasteiger partial charge is 0.331 e. The molecule has 1 N–H and O–H groups in total. The molecule has 1 heterocycles. The molecule has 0 aliphatic heterocycles. The van der Waals surface area contributed by atoms with Crippen LogP contribution in [0.2, 0.25) is 10.0 Å². The molecule has 0 saturated heterocycles. The predicted molar refractivity (Wildman–Crippen MR) is 89.5 cm³/mol. The third kappa shape index (κ3) is 3.30. The van der Waals surface area contributed by atoms with E-state index in [2.05, 4.69) is 23.4 Å². The summed E-state index contributed by atoms with van der Waals surface area (Å²) in [7, 11) is 0. The summed E-state index contributed by atoms with van der Waals surface area (Å²) in [6, 6.07) is 4.06. The summed E-state index contributed by atoms with van der Waals surface area (Å²) in [4.78, 5) is 3.19. The Morgan fingerprint density at radius 3 is 2.74 bits per heavy atom. The molecule has 104 valence electrons. The first-order valence-electron chi connectivity index (χ1n) is 6.21. The molecule has 0 bridgehead atoms. The summed E-state index contributed by atoms with van der Waals surface area (Å²) in [5.41, 5.74) is 1.96. The molecule has 1 unspecified atom stereocenters. The van der Waals surface area contributed by atoms with E-state index in [9.17, 15) is 0 Å². The lowest BCUT2D eigenvalue weighted by Crippen LogP contribution is -2.06. The number of rotatable bonds is 5. The molecule has 0 aliphatic carbocycles. The number of aromatic nitrogens is 2. The first kappa shape index (κ1) is 15.2. The average molecular weight is 335 g/mol. The fraction of sp³-hybridized carbons (Fsp3) is 0.462. The van der Waals surface area contributed by atoms with Gasteiger partial charge in [0.05, 0.1) is 21.1 Å². The van der Waals surface area contributed by atoms with Crippen molar-refractivity contribution in [3.63, 3.8) is 0 Å². The zero-order valence-corrected chi connectivity index (χ0v) is 14.0. The topological polar surface area (TPSA) is 20.7 Å². The highest BCUT2D eigenvalue weighted by Crippen LogP contribution is 2.30. The van der Waals surface area contributed by atoms with Crippen molar-refractivity contribution in [1.82, 2.24) is 9.55 Å². The molecule has 1 aromatic heterocycles. The van der Waals surface area contributed by atoms with Crippen LogP contribution in [0.3, 0.4) is 0 Å². The highest BCUT2D eigenvalue weighted by molar-refractivity contribution is 7.99. The molecule has 6 heteroatoms. The van der Waals surface area contributed by atoms with Crippen LogP contribution in [-0.4, -0.2) is 21.1 Å². The standard InChI is InChI=1S/C13H16Cl2N2S2/c1-3-19-5-4-8(2)17-12-7-10(15)9(14)6-11(12)16-13(17)18/h6-8H,3-5H2,1-2H3,(H,16,18). The number of halogens is 2. The Hall–Kier alpha value is -0.160. The molecule has 1 aromatic carbocycles. The van der Waals surface area contributed by atoms with Gasteiger partial charge in [-0.3, -0.25) is 0 Å². The van der Waals surface area contributed by atoms with E-state index in [1.54, 1.807) is 0 Å². The predicted octanol–water partition coefficient (Wildman–Crippen LogP) is 5.71. The fourth-order valence-corrected chi connectivity index (χ4v) is 3.59. The Kier molecular flexibility index (Phi) is 5.23. The first-order valence-corrected chi connectivity index (χ1v) is 8.53. The van der Waals surface area contributed by atoms with E-state index >= 15 is 0 Å². The van der Waals surface area contributed by atoms with Gasteiger partial charge < -0.3 is 9.55 Å². The molecule has 19 heavy (non-hydrogen) atoms. The van der Waals surface area contributed by atoms with E-state index in [1.165, 1.54) is 0 Å². The SMILES string of the molecule is CCSCCC(C)n1c(=S)[nH]c2cc(Cl)c(Cl)cc21. The molecule has 0 saturated carbocycles. The van der Waals surface area contributed by atoms with Crippen LogP contribution in [0.15, 0.2) is 12.1 Å². The summed E-state index contributed by atoms with van der Waals surface area (Å²) in [5, 5.41) is 1.11. The number of hydrogen-bond donors (Lipinski definition) is 1. The van der Waals surface area contributed by atoms with E-state index in [-0.39, 0.29) is 0 Å². The van der Waals surface area contributed by atoms with Crippen molar-refractivity contribution in [3.8, 4) is 0 Å². The second-order valence-electron chi connectivity index (χ2n) is 4.42. The van der Waals surface area contributed by atoms with Crippen molar-refractivity contribution >= 4 is 58.2 Å². The quantitative estimate of drug-likeness (QED) is 0.558. The molecule has 0 fully saturated rings. The Bertz CT molecular complexity index is 633. The fourth-order valence-electron chi connectivity index (χ4n) is 2.09. The molecule has 1 atom stereocenters. The highest BCUT2D eigenvalue weighted by Gasteiger charge is 2.13. The Balaban J connectivity index is 2.39. The van der Waals surface area contributed by atoms with Crippen molar-refractivity contribution in [2.75, 3.05) is 11.5 Å². The normalized spacial score (nSPS) is 13.1. The molecule has 0 radical (unpaired) electrons. The summed E-state index contributed by atoms with van der Waals surface area (Å²) < 4.78 is 2.85. The van der Waals surface area contributed by atoms with E-state index in [1.807, 2.05) is 23.9 Å². The van der Waals surface area contributed by atoms with Crippen molar-refractivity contribution in [1.29, 1.82) is 0 Å². The maximum absolute atomic E-state index is 6.10. The second-order valence-corrected chi connectivity index (χ2v) is 7.01. The molecule has 2 nitrogen and oxygen atoms in total. The number of thioether (sulfide) groups is 1. The lowest BCUT2D eigenvalue weighted by Gasteiger charge is -2.14. The molecule has 0 spiro atoms. The minimum absolute atomic E-state index is 0.345. The van der Waals surface area contributed by atoms with Gasteiger partial charge in [0.15, 0.2) is 4.77 Å². The number of hydrogen-bond acceptors (Lipinski definition) is 2. The van der Waals surface area contributed by atoms with E-state index < -0.39 is 0 Å². The highest BCUT2D eigenvalue weighted by atomic mass is 35.5. The van der Waals surface area contributed by atoms with Gasteiger partial charge in [-0.15, -0.1) is 0 Å². The van der Waals surface area contributed by atoms with Gasteiger partial charge in [-0.2, -0.15) is 11.8 Å². The van der Waals surface area contributed by atoms with Crippen molar-refractivity contribution in [2.24, 2.45) is 0 Å². The Morgan fingerprint density at radius 2 is 2.05 bits per heavy atom. The lowest BCUT2D eigenvalue weighted by atomic mass is 10.2. The van der Waals surface area contributed by atoms with Gasteiger partial charge in [0.1, 0.15) is 0 Å². The summed E-state index contributed by atoms with van der Waals surface area (Å²) in [6.07, 6.45) is 1.08. The monoisotopic (exact) mass is 334 g/mol.